The van der Waals surface area contributed by atoms with Crippen LogP contribution in [0.2, 0.25) is 0 Å². The number of aromatic nitrogens is 2. The van der Waals surface area contributed by atoms with Crippen LogP contribution in [0.25, 0.3) is 5.69 Å². The lowest BCUT2D eigenvalue weighted by Gasteiger charge is -2.17. The molecular formula is C22H20N4O7. The Morgan fingerprint density at radius 1 is 0.909 bits per heavy atom. The summed E-state index contributed by atoms with van der Waals surface area (Å²) in [6.07, 6.45) is 0. The number of carbonyl (C=O) groups is 3. The summed E-state index contributed by atoms with van der Waals surface area (Å²) in [4.78, 5) is 61.4. The largest absolute Gasteiger partial charge is 0.423 e. The molecule has 0 spiro atoms. The van der Waals surface area contributed by atoms with Crippen molar-refractivity contribution in [1.29, 1.82) is 0 Å². The molecule has 1 aromatic heterocycles. The molecule has 2 aromatic carbocycles. The Balaban J connectivity index is 2.13. The first kappa shape index (κ1) is 23.0. The number of benzene rings is 2. The van der Waals surface area contributed by atoms with E-state index in [9.17, 15) is 24.0 Å². The van der Waals surface area contributed by atoms with E-state index >= 15 is 0 Å². The van der Waals surface area contributed by atoms with Gasteiger partial charge in [0, 0.05) is 20.9 Å². The van der Waals surface area contributed by atoms with Gasteiger partial charge in [-0.25, -0.2) is 9.36 Å². The minimum absolute atomic E-state index is 0.166. The van der Waals surface area contributed by atoms with Crippen molar-refractivity contribution in [3.05, 3.63) is 74.9 Å². The Labute approximate surface area is 187 Å². The SMILES string of the molecule is CC(=O)Oc1cccc(C(=O)Nc2c(N)n(-c3ccccc3)c(=O)n(C)c2=O)c1OC(C)=O. The molecule has 0 aliphatic heterocycles. The number of para-hydroxylation sites is 2. The standard InChI is InChI=1S/C22H20N4O7/c1-12(27)32-16-11-7-10-15(18(16)33-13(2)28)20(29)24-17-19(23)26(14-8-5-4-6-9-14)22(31)25(3)21(17)30/h4-11H,23H2,1-3H3,(H,24,29). The molecule has 3 rings (SSSR count). The molecule has 0 aliphatic rings. The number of hydrogen-bond acceptors (Lipinski definition) is 8. The second kappa shape index (κ2) is 9.22. The van der Waals surface area contributed by atoms with E-state index in [2.05, 4.69) is 5.32 Å². The molecule has 0 atom stereocenters. The van der Waals surface area contributed by atoms with Gasteiger partial charge in [0.2, 0.25) is 0 Å². The van der Waals surface area contributed by atoms with Gasteiger partial charge in [-0.05, 0) is 24.3 Å². The molecule has 0 fully saturated rings. The zero-order valence-corrected chi connectivity index (χ0v) is 17.9. The number of nitrogens with zero attached hydrogens (tertiary/aromatic N) is 2. The van der Waals surface area contributed by atoms with Crippen molar-refractivity contribution in [1.82, 2.24) is 9.13 Å². The molecule has 0 saturated carbocycles. The van der Waals surface area contributed by atoms with Crippen molar-refractivity contribution in [2.75, 3.05) is 11.1 Å². The fourth-order valence-electron chi connectivity index (χ4n) is 3.03. The third-order valence-corrected chi connectivity index (χ3v) is 4.47. The van der Waals surface area contributed by atoms with Crippen LogP contribution in [0.3, 0.4) is 0 Å². The fourth-order valence-corrected chi connectivity index (χ4v) is 3.03. The van der Waals surface area contributed by atoms with Crippen LogP contribution in [0.1, 0.15) is 24.2 Å². The van der Waals surface area contributed by atoms with Gasteiger partial charge in [0.1, 0.15) is 11.5 Å². The first-order chi connectivity index (χ1) is 15.6. The summed E-state index contributed by atoms with van der Waals surface area (Å²) in [6, 6.07) is 12.3. The molecule has 0 aliphatic carbocycles. The Morgan fingerprint density at radius 2 is 1.55 bits per heavy atom. The fraction of sp³-hybridized carbons (Fsp3) is 0.136. The summed E-state index contributed by atoms with van der Waals surface area (Å²) >= 11 is 0. The van der Waals surface area contributed by atoms with E-state index < -0.39 is 29.1 Å². The predicted molar refractivity (Wildman–Crippen MR) is 119 cm³/mol. The first-order valence-electron chi connectivity index (χ1n) is 9.60. The van der Waals surface area contributed by atoms with Crippen molar-refractivity contribution in [3.8, 4) is 17.2 Å². The summed E-state index contributed by atoms with van der Waals surface area (Å²) in [5.41, 5.74) is 4.36. The molecule has 1 amide bonds. The number of anilines is 2. The summed E-state index contributed by atoms with van der Waals surface area (Å²) in [5.74, 6) is -3.13. The van der Waals surface area contributed by atoms with Crippen molar-refractivity contribution >= 4 is 29.4 Å². The van der Waals surface area contributed by atoms with Crippen LogP contribution < -0.4 is 31.8 Å². The zero-order chi connectivity index (χ0) is 24.3. The van der Waals surface area contributed by atoms with Crippen molar-refractivity contribution < 1.29 is 23.9 Å². The molecule has 170 valence electrons. The van der Waals surface area contributed by atoms with Crippen LogP contribution in [-0.2, 0) is 16.6 Å². The van der Waals surface area contributed by atoms with Gasteiger partial charge in [-0.2, -0.15) is 0 Å². The number of carbonyl (C=O) groups excluding carboxylic acids is 3. The molecule has 0 saturated heterocycles. The molecule has 1 heterocycles. The summed E-state index contributed by atoms with van der Waals surface area (Å²) < 4.78 is 12.0. The monoisotopic (exact) mass is 452 g/mol. The van der Waals surface area contributed by atoms with E-state index in [0.29, 0.717) is 5.69 Å². The smallest absolute Gasteiger partial charge is 0.337 e. The highest BCUT2D eigenvalue weighted by atomic mass is 16.6. The Kier molecular flexibility index (Phi) is 6.43. The number of rotatable bonds is 5. The molecule has 0 radical (unpaired) electrons. The van der Waals surface area contributed by atoms with E-state index in [1.54, 1.807) is 30.3 Å². The van der Waals surface area contributed by atoms with Gasteiger partial charge in [-0.15, -0.1) is 0 Å². The molecule has 33 heavy (non-hydrogen) atoms. The van der Waals surface area contributed by atoms with Gasteiger partial charge in [0.05, 0.1) is 11.3 Å². The third kappa shape index (κ3) is 4.66. The molecular weight excluding hydrogens is 432 g/mol. The van der Waals surface area contributed by atoms with Crippen LogP contribution in [-0.4, -0.2) is 27.0 Å². The maximum Gasteiger partial charge on any atom is 0.337 e. The van der Waals surface area contributed by atoms with Crippen LogP contribution in [0.15, 0.2) is 58.1 Å². The lowest BCUT2D eigenvalue weighted by atomic mass is 10.1. The number of amides is 1. The first-order valence-corrected chi connectivity index (χ1v) is 9.60. The number of nitrogens with one attached hydrogen (secondary N) is 1. The van der Waals surface area contributed by atoms with E-state index in [0.717, 1.165) is 23.0 Å². The molecule has 0 unspecified atom stereocenters. The van der Waals surface area contributed by atoms with Crippen LogP contribution in [0.4, 0.5) is 11.5 Å². The minimum Gasteiger partial charge on any atom is -0.423 e. The quantitative estimate of drug-likeness (QED) is 0.433. The zero-order valence-electron chi connectivity index (χ0n) is 17.9. The summed E-state index contributed by atoms with van der Waals surface area (Å²) in [5, 5.41) is 2.38. The Morgan fingerprint density at radius 3 is 2.15 bits per heavy atom. The number of esters is 2. The number of ether oxygens (including phenoxy) is 2. The third-order valence-electron chi connectivity index (χ3n) is 4.47. The Bertz CT molecular complexity index is 1370. The summed E-state index contributed by atoms with van der Waals surface area (Å²) in [7, 11) is 1.24. The lowest BCUT2D eigenvalue weighted by molar-refractivity contribution is -0.134. The number of nitrogen functional groups attached to an aromatic ring is 1. The van der Waals surface area contributed by atoms with Gasteiger partial charge in [0.15, 0.2) is 11.5 Å². The van der Waals surface area contributed by atoms with E-state index in [-0.39, 0.29) is 28.6 Å². The minimum atomic E-state index is -0.887. The molecule has 11 heteroatoms. The second-order valence-electron chi connectivity index (χ2n) is 6.85. The maximum atomic E-state index is 13.1. The van der Waals surface area contributed by atoms with Crippen LogP contribution >= 0.6 is 0 Å². The maximum absolute atomic E-state index is 13.1. The lowest BCUT2D eigenvalue weighted by Crippen LogP contribution is -2.40. The predicted octanol–water partition coefficient (Wildman–Crippen LogP) is 1.22. The van der Waals surface area contributed by atoms with Crippen molar-refractivity contribution in [3.63, 3.8) is 0 Å². The highest BCUT2D eigenvalue weighted by Crippen LogP contribution is 2.32. The normalized spacial score (nSPS) is 10.4. The summed E-state index contributed by atoms with van der Waals surface area (Å²) in [6.45, 7) is 2.25. The van der Waals surface area contributed by atoms with Gasteiger partial charge in [-0.1, -0.05) is 24.3 Å². The number of hydrogen-bond donors (Lipinski definition) is 2. The topological polar surface area (TPSA) is 152 Å². The second-order valence-corrected chi connectivity index (χ2v) is 6.85. The van der Waals surface area contributed by atoms with Crippen molar-refractivity contribution in [2.45, 2.75) is 13.8 Å². The molecule has 11 nitrogen and oxygen atoms in total. The van der Waals surface area contributed by atoms with E-state index in [4.69, 9.17) is 15.2 Å². The van der Waals surface area contributed by atoms with E-state index in [1.807, 2.05) is 0 Å². The van der Waals surface area contributed by atoms with Gasteiger partial charge >= 0.3 is 17.6 Å². The molecule has 3 N–H and O–H groups in total. The average Bonchev–Trinajstić information content (AvgIpc) is 2.76. The molecule has 0 bridgehead atoms. The average molecular weight is 452 g/mol. The highest BCUT2D eigenvalue weighted by molar-refractivity contribution is 6.08. The van der Waals surface area contributed by atoms with Gasteiger partial charge in [-0.3, -0.25) is 23.7 Å². The van der Waals surface area contributed by atoms with Gasteiger partial charge < -0.3 is 20.5 Å². The molecule has 3 aromatic rings. The van der Waals surface area contributed by atoms with Crippen molar-refractivity contribution in [2.24, 2.45) is 7.05 Å². The van der Waals surface area contributed by atoms with Crippen LogP contribution in [0, 0.1) is 0 Å². The van der Waals surface area contributed by atoms with E-state index in [1.165, 1.54) is 25.2 Å². The van der Waals surface area contributed by atoms with Crippen LogP contribution in [0.5, 0.6) is 11.5 Å². The highest BCUT2D eigenvalue weighted by Gasteiger charge is 2.24. The van der Waals surface area contributed by atoms with Gasteiger partial charge in [0.25, 0.3) is 11.5 Å². The Hall–Kier alpha value is -4.67. The number of nitrogens with two attached hydrogens (primary N) is 1.